The van der Waals surface area contributed by atoms with Crippen molar-refractivity contribution >= 4 is 39.3 Å². The lowest BCUT2D eigenvalue weighted by molar-refractivity contribution is 0.394. The quantitative estimate of drug-likeness (QED) is 0.795. The molecule has 4 rings (SSSR count). The molecule has 6 heteroatoms. The van der Waals surface area contributed by atoms with Gasteiger partial charge in [0.25, 0.3) is 0 Å². The van der Waals surface area contributed by atoms with Crippen molar-refractivity contribution in [1.82, 2.24) is 15.0 Å². The molecular formula is C13H16N4S2. The highest BCUT2D eigenvalue weighted by Crippen LogP contribution is 2.52. The first-order valence-electron chi connectivity index (χ1n) is 6.70. The fraction of sp³-hybridized carbons (Fsp3) is 0.615. The largest absolute Gasteiger partial charge is 0.355 e. The van der Waals surface area contributed by atoms with Crippen molar-refractivity contribution in [3.05, 3.63) is 6.33 Å². The van der Waals surface area contributed by atoms with Gasteiger partial charge in [0, 0.05) is 13.1 Å². The van der Waals surface area contributed by atoms with E-state index in [1.165, 1.54) is 32.2 Å². The summed E-state index contributed by atoms with van der Waals surface area (Å²) < 4.78 is 2.24. The van der Waals surface area contributed by atoms with Crippen molar-refractivity contribution in [1.29, 1.82) is 0 Å². The van der Waals surface area contributed by atoms with E-state index in [9.17, 15) is 0 Å². The number of hydrogen-bond donors (Lipinski definition) is 0. The Kier molecular flexibility index (Phi) is 2.70. The Labute approximate surface area is 120 Å². The van der Waals surface area contributed by atoms with Gasteiger partial charge in [-0.05, 0) is 37.4 Å². The van der Waals surface area contributed by atoms with Gasteiger partial charge in [-0.15, -0.1) is 11.3 Å². The SMILES string of the molecule is CSc1nc2ncnc(N3CCCC4(CC4)C3)c2s1. The molecule has 2 aromatic rings. The van der Waals surface area contributed by atoms with Crippen LogP contribution < -0.4 is 4.90 Å². The van der Waals surface area contributed by atoms with E-state index >= 15 is 0 Å². The number of nitrogens with zero attached hydrogens (tertiary/aromatic N) is 4. The minimum absolute atomic E-state index is 0.614. The smallest absolute Gasteiger partial charge is 0.176 e. The zero-order chi connectivity index (χ0) is 12.9. The Balaban J connectivity index is 1.75. The topological polar surface area (TPSA) is 41.9 Å². The van der Waals surface area contributed by atoms with Crippen molar-refractivity contribution in [2.45, 2.75) is 30.0 Å². The molecule has 0 atom stereocenters. The van der Waals surface area contributed by atoms with E-state index in [4.69, 9.17) is 0 Å². The van der Waals surface area contributed by atoms with Crippen LogP contribution in [-0.4, -0.2) is 34.3 Å². The Morgan fingerprint density at radius 1 is 1.32 bits per heavy atom. The molecule has 0 amide bonds. The van der Waals surface area contributed by atoms with Gasteiger partial charge in [-0.2, -0.15) is 0 Å². The molecule has 4 nitrogen and oxygen atoms in total. The van der Waals surface area contributed by atoms with Crippen LogP contribution in [-0.2, 0) is 0 Å². The Bertz CT molecular complexity index is 620. The van der Waals surface area contributed by atoms with E-state index in [-0.39, 0.29) is 0 Å². The minimum Gasteiger partial charge on any atom is -0.355 e. The van der Waals surface area contributed by atoms with Crippen LogP contribution in [0.4, 0.5) is 5.82 Å². The minimum atomic E-state index is 0.614. The molecule has 3 heterocycles. The van der Waals surface area contributed by atoms with Gasteiger partial charge in [0.05, 0.1) is 0 Å². The van der Waals surface area contributed by atoms with E-state index < -0.39 is 0 Å². The van der Waals surface area contributed by atoms with Crippen molar-refractivity contribution in [3.8, 4) is 0 Å². The molecule has 19 heavy (non-hydrogen) atoms. The number of thiazole rings is 1. The van der Waals surface area contributed by atoms with Crippen LogP contribution in [0.25, 0.3) is 10.3 Å². The number of thioether (sulfide) groups is 1. The monoisotopic (exact) mass is 292 g/mol. The van der Waals surface area contributed by atoms with Crippen LogP contribution in [0.5, 0.6) is 0 Å². The summed E-state index contributed by atoms with van der Waals surface area (Å²) in [5, 5.41) is 0. The molecule has 0 radical (unpaired) electrons. The number of fused-ring (bicyclic) bond motifs is 1. The van der Waals surface area contributed by atoms with Crippen LogP contribution in [0.3, 0.4) is 0 Å². The van der Waals surface area contributed by atoms with Gasteiger partial charge >= 0.3 is 0 Å². The summed E-state index contributed by atoms with van der Waals surface area (Å²) in [4.78, 5) is 15.9. The highest BCUT2D eigenvalue weighted by molar-refractivity contribution is 8.00. The van der Waals surface area contributed by atoms with Gasteiger partial charge in [0.2, 0.25) is 0 Å². The standard InChI is InChI=1S/C13H16N4S2/c1-18-12-16-10-9(19-12)11(15-8-14-10)17-6-2-3-13(7-17)4-5-13/h8H,2-7H2,1H3. The van der Waals surface area contributed by atoms with E-state index in [1.54, 1.807) is 29.4 Å². The van der Waals surface area contributed by atoms with Gasteiger partial charge in [-0.3, -0.25) is 0 Å². The number of rotatable bonds is 2. The van der Waals surface area contributed by atoms with Crippen LogP contribution in [0.2, 0.25) is 0 Å². The van der Waals surface area contributed by atoms with E-state index in [1.807, 2.05) is 0 Å². The molecule has 1 saturated heterocycles. The van der Waals surface area contributed by atoms with Gasteiger partial charge in [-0.1, -0.05) is 11.8 Å². The third-order valence-electron chi connectivity index (χ3n) is 4.25. The highest BCUT2D eigenvalue weighted by Gasteiger charge is 2.45. The van der Waals surface area contributed by atoms with Crippen molar-refractivity contribution in [2.24, 2.45) is 5.41 Å². The summed E-state index contributed by atoms with van der Waals surface area (Å²) >= 11 is 3.41. The molecule has 100 valence electrons. The Morgan fingerprint density at radius 2 is 2.21 bits per heavy atom. The molecule has 1 spiro atoms. The Morgan fingerprint density at radius 3 is 3.00 bits per heavy atom. The normalized spacial score (nSPS) is 21.2. The molecule has 0 N–H and O–H groups in total. The maximum Gasteiger partial charge on any atom is 0.176 e. The van der Waals surface area contributed by atoms with E-state index in [0.717, 1.165) is 27.0 Å². The summed E-state index contributed by atoms with van der Waals surface area (Å²) in [5.74, 6) is 1.11. The predicted molar refractivity (Wildman–Crippen MR) is 80.1 cm³/mol. The molecular weight excluding hydrogens is 276 g/mol. The summed E-state index contributed by atoms with van der Waals surface area (Å²) in [6.07, 6.45) is 9.21. The van der Waals surface area contributed by atoms with Gasteiger partial charge in [-0.25, -0.2) is 15.0 Å². The second-order valence-corrected chi connectivity index (χ2v) is 7.61. The lowest BCUT2D eigenvalue weighted by atomic mass is 9.95. The molecule has 1 aliphatic carbocycles. The number of piperidine rings is 1. The van der Waals surface area contributed by atoms with Crippen LogP contribution in [0.15, 0.2) is 10.7 Å². The van der Waals surface area contributed by atoms with Crippen molar-refractivity contribution < 1.29 is 0 Å². The summed E-state index contributed by atoms with van der Waals surface area (Å²) in [6.45, 7) is 2.30. The van der Waals surface area contributed by atoms with Crippen LogP contribution in [0.1, 0.15) is 25.7 Å². The second-order valence-electron chi connectivity index (χ2n) is 5.56. The van der Waals surface area contributed by atoms with E-state index in [0.29, 0.717) is 5.41 Å². The first-order chi connectivity index (χ1) is 9.30. The maximum absolute atomic E-state index is 4.55. The van der Waals surface area contributed by atoms with Crippen LogP contribution in [0, 0.1) is 5.41 Å². The van der Waals surface area contributed by atoms with Crippen molar-refractivity contribution in [3.63, 3.8) is 0 Å². The summed E-state index contributed by atoms with van der Waals surface area (Å²) in [5.41, 5.74) is 1.47. The maximum atomic E-state index is 4.55. The van der Waals surface area contributed by atoms with Gasteiger partial charge in [0.15, 0.2) is 15.8 Å². The molecule has 2 fully saturated rings. The third kappa shape index (κ3) is 2.01. The molecule has 2 aromatic heterocycles. The molecule has 1 saturated carbocycles. The molecule has 0 bridgehead atoms. The fourth-order valence-electron chi connectivity index (χ4n) is 3.01. The number of hydrogen-bond acceptors (Lipinski definition) is 6. The van der Waals surface area contributed by atoms with Crippen LogP contribution >= 0.6 is 23.1 Å². The second kappa shape index (κ2) is 4.31. The molecule has 1 aliphatic heterocycles. The first-order valence-corrected chi connectivity index (χ1v) is 8.74. The lowest BCUT2D eigenvalue weighted by Gasteiger charge is -2.33. The summed E-state index contributed by atoms with van der Waals surface area (Å²) in [7, 11) is 0. The first kappa shape index (κ1) is 11.9. The third-order valence-corrected chi connectivity index (χ3v) is 6.27. The molecule has 0 aromatic carbocycles. The summed E-state index contributed by atoms with van der Waals surface area (Å²) in [6, 6.07) is 0. The highest BCUT2D eigenvalue weighted by atomic mass is 32.2. The fourth-order valence-corrected chi connectivity index (χ4v) is 4.54. The molecule has 2 aliphatic rings. The van der Waals surface area contributed by atoms with Crippen molar-refractivity contribution in [2.75, 3.05) is 24.2 Å². The molecule has 0 unspecified atom stereocenters. The lowest BCUT2D eigenvalue weighted by Crippen LogP contribution is -2.37. The zero-order valence-corrected chi connectivity index (χ0v) is 12.6. The number of anilines is 1. The Hall–Kier alpha value is -0.880. The zero-order valence-electron chi connectivity index (χ0n) is 10.9. The van der Waals surface area contributed by atoms with Gasteiger partial charge < -0.3 is 4.90 Å². The average molecular weight is 292 g/mol. The number of aromatic nitrogens is 3. The average Bonchev–Trinajstić information content (AvgIpc) is 3.04. The van der Waals surface area contributed by atoms with E-state index in [2.05, 4.69) is 26.1 Å². The van der Waals surface area contributed by atoms with Gasteiger partial charge in [0.1, 0.15) is 11.0 Å². The predicted octanol–water partition coefficient (Wildman–Crippen LogP) is 3.19.